The Morgan fingerprint density at radius 1 is 1.03 bits per heavy atom. The van der Waals surface area contributed by atoms with Crippen molar-refractivity contribution in [1.29, 1.82) is 0 Å². The molecule has 0 aliphatic heterocycles. The van der Waals surface area contributed by atoms with Gasteiger partial charge in [-0.15, -0.1) is 11.3 Å². The first-order chi connectivity index (χ1) is 14.4. The van der Waals surface area contributed by atoms with Crippen molar-refractivity contribution in [3.63, 3.8) is 0 Å². The van der Waals surface area contributed by atoms with Gasteiger partial charge in [-0.05, 0) is 55.7 Å². The Balaban J connectivity index is 1.64. The van der Waals surface area contributed by atoms with Crippen LogP contribution < -0.4 is 5.73 Å². The van der Waals surface area contributed by atoms with E-state index in [1.165, 1.54) is 4.88 Å². The summed E-state index contributed by atoms with van der Waals surface area (Å²) < 4.78 is 5.28. The highest BCUT2D eigenvalue weighted by Crippen LogP contribution is 2.18. The van der Waals surface area contributed by atoms with Crippen LogP contribution in [-0.2, 0) is 22.5 Å². The highest BCUT2D eigenvalue weighted by molar-refractivity contribution is 7.11. The lowest BCUT2D eigenvalue weighted by Crippen LogP contribution is -2.35. The predicted octanol–water partition coefficient (Wildman–Crippen LogP) is 4.38. The highest BCUT2D eigenvalue weighted by atomic mass is 32.1. The third-order valence-corrected chi connectivity index (χ3v) is 5.84. The number of amides is 1. The summed E-state index contributed by atoms with van der Waals surface area (Å²) >= 11 is 1.66. The molecule has 5 nitrogen and oxygen atoms in total. The van der Waals surface area contributed by atoms with Gasteiger partial charge in [-0.1, -0.05) is 36.4 Å². The van der Waals surface area contributed by atoms with Crippen LogP contribution in [0.3, 0.4) is 0 Å². The van der Waals surface area contributed by atoms with Crippen LogP contribution in [0.1, 0.15) is 31.2 Å². The van der Waals surface area contributed by atoms with Gasteiger partial charge in [0.05, 0.1) is 12.1 Å². The lowest BCUT2D eigenvalue weighted by Gasteiger charge is -2.22. The number of rotatable bonds is 8. The summed E-state index contributed by atoms with van der Waals surface area (Å²) in [5.41, 5.74) is 8.78. The van der Waals surface area contributed by atoms with Gasteiger partial charge in [0.25, 0.3) is 5.91 Å². The van der Waals surface area contributed by atoms with E-state index in [0.717, 1.165) is 22.4 Å². The van der Waals surface area contributed by atoms with Gasteiger partial charge in [0, 0.05) is 22.0 Å². The fourth-order valence-electron chi connectivity index (χ4n) is 3.03. The third kappa shape index (κ3) is 5.94. The molecule has 1 amide bonds. The molecule has 0 aliphatic rings. The summed E-state index contributed by atoms with van der Waals surface area (Å²) in [6, 6.07) is 19.1. The molecular formula is C24H26N2O3S. The normalized spacial score (nSPS) is 10.6. The van der Waals surface area contributed by atoms with Crippen LogP contribution in [0.25, 0.3) is 0 Å². The van der Waals surface area contributed by atoms with Crippen LogP contribution in [0.5, 0.6) is 0 Å². The molecule has 0 fully saturated rings. The lowest BCUT2D eigenvalue weighted by molar-refractivity contribution is -0.135. The standard InChI is InChI=1S/C24H26N2O3S/c1-17-8-10-20(14-22(17)25)24(28)29-16-23(27)26(15-21-11-9-18(2)30-21)13-12-19-6-4-3-5-7-19/h3-11,14H,12-13,15-16,25H2,1-2H3. The number of thiophene rings is 1. The molecule has 2 N–H and O–H groups in total. The maximum absolute atomic E-state index is 12.9. The van der Waals surface area contributed by atoms with Crippen LogP contribution in [-0.4, -0.2) is 29.9 Å². The summed E-state index contributed by atoms with van der Waals surface area (Å²) in [4.78, 5) is 29.2. The lowest BCUT2D eigenvalue weighted by atomic mass is 10.1. The van der Waals surface area contributed by atoms with Gasteiger partial charge in [-0.3, -0.25) is 4.79 Å². The quantitative estimate of drug-likeness (QED) is 0.432. The van der Waals surface area contributed by atoms with Gasteiger partial charge >= 0.3 is 5.97 Å². The minimum Gasteiger partial charge on any atom is -0.452 e. The van der Waals surface area contributed by atoms with Crippen molar-refractivity contribution >= 4 is 28.9 Å². The van der Waals surface area contributed by atoms with E-state index in [-0.39, 0.29) is 12.5 Å². The zero-order valence-corrected chi connectivity index (χ0v) is 18.1. The predicted molar refractivity (Wildman–Crippen MR) is 120 cm³/mol. The number of nitrogens with zero attached hydrogens (tertiary/aromatic N) is 1. The Morgan fingerprint density at radius 3 is 2.47 bits per heavy atom. The fourth-order valence-corrected chi connectivity index (χ4v) is 3.93. The maximum Gasteiger partial charge on any atom is 0.338 e. The van der Waals surface area contributed by atoms with Gasteiger partial charge in [0.1, 0.15) is 0 Å². The van der Waals surface area contributed by atoms with Crippen molar-refractivity contribution in [3.05, 3.63) is 87.1 Å². The first-order valence-corrected chi connectivity index (χ1v) is 10.6. The van der Waals surface area contributed by atoms with E-state index in [4.69, 9.17) is 10.5 Å². The number of ether oxygens (including phenoxy) is 1. The monoisotopic (exact) mass is 422 g/mol. The molecule has 1 aromatic heterocycles. The molecule has 30 heavy (non-hydrogen) atoms. The highest BCUT2D eigenvalue weighted by Gasteiger charge is 2.18. The SMILES string of the molecule is Cc1ccc(CN(CCc2ccccc2)C(=O)COC(=O)c2ccc(C)c(N)c2)s1. The number of hydrogen-bond acceptors (Lipinski definition) is 5. The van der Waals surface area contributed by atoms with Crippen molar-refractivity contribution in [2.75, 3.05) is 18.9 Å². The minimum atomic E-state index is -0.551. The summed E-state index contributed by atoms with van der Waals surface area (Å²) in [5, 5.41) is 0. The van der Waals surface area contributed by atoms with Crippen molar-refractivity contribution in [3.8, 4) is 0 Å². The van der Waals surface area contributed by atoms with Crippen LogP contribution in [0.15, 0.2) is 60.7 Å². The number of nitrogens with two attached hydrogens (primary N) is 1. The van der Waals surface area contributed by atoms with Crippen molar-refractivity contribution in [2.45, 2.75) is 26.8 Å². The molecule has 3 aromatic rings. The fraction of sp³-hybridized carbons (Fsp3) is 0.250. The van der Waals surface area contributed by atoms with Crippen molar-refractivity contribution in [1.82, 2.24) is 4.90 Å². The van der Waals surface area contributed by atoms with Gasteiger partial charge < -0.3 is 15.4 Å². The first-order valence-electron chi connectivity index (χ1n) is 9.82. The number of aryl methyl sites for hydroxylation is 2. The molecule has 0 atom stereocenters. The number of carbonyl (C=O) groups excluding carboxylic acids is 2. The number of anilines is 1. The van der Waals surface area contributed by atoms with E-state index in [1.807, 2.05) is 56.3 Å². The molecule has 3 rings (SSSR count). The molecule has 0 radical (unpaired) electrons. The maximum atomic E-state index is 12.9. The van der Waals surface area contributed by atoms with Crippen molar-refractivity contribution < 1.29 is 14.3 Å². The molecule has 2 aromatic carbocycles. The van der Waals surface area contributed by atoms with Gasteiger partial charge in [0.2, 0.25) is 0 Å². The van der Waals surface area contributed by atoms with E-state index in [2.05, 4.69) is 0 Å². The summed E-state index contributed by atoms with van der Waals surface area (Å²) in [6.45, 7) is 4.66. The molecule has 6 heteroatoms. The van der Waals surface area contributed by atoms with Crippen molar-refractivity contribution in [2.24, 2.45) is 0 Å². The van der Waals surface area contributed by atoms with E-state index in [0.29, 0.717) is 24.3 Å². The van der Waals surface area contributed by atoms with Crippen LogP contribution in [0.4, 0.5) is 5.69 Å². The molecule has 0 saturated carbocycles. The summed E-state index contributed by atoms with van der Waals surface area (Å²) in [7, 11) is 0. The van der Waals surface area contributed by atoms with E-state index in [9.17, 15) is 9.59 Å². The number of nitrogen functional groups attached to an aromatic ring is 1. The molecule has 156 valence electrons. The average Bonchev–Trinajstić information content (AvgIpc) is 3.16. The van der Waals surface area contributed by atoms with Gasteiger partial charge in [-0.25, -0.2) is 4.79 Å². The van der Waals surface area contributed by atoms with Gasteiger partial charge in [-0.2, -0.15) is 0 Å². The van der Waals surface area contributed by atoms with Crippen LogP contribution >= 0.6 is 11.3 Å². The smallest absolute Gasteiger partial charge is 0.338 e. The minimum absolute atomic E-state index is 0.217. The summed E-state index contributed by atoms with van der Waals surface area (Å²) in [6.07, 6.45) is 0.735. The number of esters is 1. The largest absolute Gasteiger partial charge is 0.452 e. The second-order valence-electron chi connectivity index (χ2n) is 7.21. The Morgan fingerprint density at radius 2 is 1.80 bits per heavy atom. The Kier molecular flexibility index (Phi) is 7.25. The number of carbonyl (C=O) groups is 2. The Hall–Kier alpha value is -3.12. The number of hydrogen-bond donors (Lipinski definition) is 1. The first kappa shape index (κ1) is 21.6. The van der Waals surface area contributed by atoms with Crippen LogP contribution in [0.2, 0.25) is 0 Å². The molecule has 0 unspecified atom stereocenters. The zero-order valence-electron chi connectivity index (χ0n) is 17.3. The molecule has 0 bridgehead atoms. The Bertz CT molecular complexity index is 1010. The zero-order chi connectivity index (χ0) is 21.5. The topological polar surface area (TPSA) is 72.6 Å². The second-order valence-corrected chi connectivity index (χ2v) is 8.58. The Labute approximate surface area is 181 Å². The van der Waals surface area contributed by atoms with Crippen LogP contribution in [0, 0.1) is 13.8 Å². The molecule has 0 aliphatic carbocycles. The molecule has 0 saturated heterocycles. The molecule has 0 spiro atoms. The molecular weight excluding hydrogens is 396 g/mol. The molecule has 1 heterocycles. The number of benzene rings is 2. The van der Waals surface area contributed by atoms with E-state index >= 15 is 0 Å². The van der Waals surface area contributed by atoms with Gasteiger partial charge in [0.15, 0.2) is 6.61 Å². The third-order valence-electron chi connectivity index (χ3n) is 4.85. The van der Waals surface area contributed by atoms with E-state index < -0.39 is 5.97 Å². The average molecular weight is 423 g/mol. The summed E-state index contributed by atoms with van der Waals surface area (Å²) in [5.74, 6) is -0.768. The van der Waals surface area contributed by atoms with E-state index in [1.54, 1.807) is 34.4 Å². The second kappa shape index (κ2) is 10.1.